The number of nitrogens with one attached hydrogen (secondary N) is 1. The Balaban J connectivity index is 1.92. The third-order valence-electron chi connectivity index (χ3n) is 3.78. The van der Waals surface area contributed by atoms with Gasteiger partial charge in [-0.05, 0) is 57.6 Å². The van der Waals surface area contributed by atoms with Crippen molar-refractivity contribution in [3.05, 3.63) is 28.8 Å². The lowest BCUT2D eigenvalue weighted by Crippen LogP contribution is -2.40. The van der Waals surface area contributed by atoms with Crippen LogP contribution < -0.4 is 10.1 Å². The van der Waals surface area contributed by atoms with Crippen LogP contribution in [0.3, 0.4) is 0 Å². The molecule has 1 aliphatic rings. The lowest BCUT2D eigenvalue weighted by molar-refractivity contribution is 0.233. The van der Waals surface area contributed by atoms with Gasteiger partial charge in [0.15, 0.2) is 0 Å². The molecule has 0 aliphatic carbocycles. The second-order valence-corrected chi connectivity index (χ2v) is 6.00. The van der Waals surface area contributed by atoms with E-state index in [-0.39, 0.29) is 0 Å². The maximum absolute atomic E-state index is 6.10. The normalized spacial score (nSPS) is 17.4. The van der Waals surface area contributed by atoms with Gasteiger partial charge in [-0.2, -0.15) is 0 Å². The third-order valence-corrected chi connectivity index (χ3v) is 4.02. The highest BCUT2D eigenvalue weighted by molar-refractivity contribution is 6.30. The molecule has 0 unspecified atom stereocenters. The lowest BCUT2D eigenvalue weighted by atomic mass is 10.0. The molecule has 0 aromatic heterocycles. The van der Waals surface area contributed by atoms with Crippen molar-refractivity contribution < 1.29 is 4.74 Å². The van der Waals surface area contributed by atoms with Crippen molar-refractivity contribution in [3.8, 4) is 5.75 Å². The maximum atomic E-state index is 6.10. The van der Waals surface area contributed by atoms with Crippen molar-refractivity contribution in [2.24, 2.45) is 0 Å². The lowest BCUT2D eigenvalue weighted by Gasteiger charge is -2.29. The van der Waals surface area contributed by atoms with E-state index in [1.165, 1.54) is 25.9 Å². The summed E-state index contributed by atoms with van der Waals surface area (Å²) in [6.45, 7) is 6.04. The summed E-state index contributed by atoms with van der Waals surface area (Å²) in [5.74, 6) is 0.955. The van der Waals surface area contributed by atoms with Crippen LogP contribution in [0.4, 0.5) is 0 Å². The van der Waals surface area contributed by atoms with Gasteiger partial charge in [0.1, 0.15) is 5.75 Å². The first-order chi connectivity index (χ1) is 9.69. The minimum absolute atomic E-state index is 0.601. The predicted octanol–water partition coefficient (Wildman–Crippen LogP) is 3.31. The number of halogens is 1. The molecule has 1 heterocycles. The molecule has 1 aromatic carbocycles. The molecular formula is C16H25ClN2O. The molecule has 1 aromatic rings. The van der Waals surface area contributed by atoms with Gasteiger partial charge in [0.05, 0.1) is 6.61 Å². The number of benzene rings is 1. The quantitative estimate of drug-likeness (QED) is 0.871. The molecule has 0 atom stereocenters. The van der Waals surface area contributed by atoms with Gasteiger partial charge in [0.25, 0.3) is 0 Å². The van der Waals surface area contributed by atoms with Gasteiger partial charge in [-0.1, -0.05) is 18.5 Å². The molecule has 112 valence electrons. The Kier molecular flexibility index (Phi) is 6.14. The Morgan fingerprint density at radius 3 is 2.80 bits per heavy atom. The number of rotatable bonds is 6. The zero-order valence-electron chi connectivity index (χ0n) is 12.5. The van der Waals surface area contributed by atoms with Crippen LogP contribution in [0.25, 0.3) is 0 Å². The molecule has 0 radical (unpaired) electrons. The predicted molar refractivity (Wildman–Crippen MR) is 84.6 cm³/mol. The Labute approximate surface area is 127 Å². The smallest absolute Gasteiger partial charge is 0.123 e. The van der Waals surface area contributed by atoms with Crippen molar-refractivity contribution >= 4 is 11.6 Å². The molecule has 0 spiro atoms. The number of hydrogen-bond acceptors (Lipinski definition) is 3. The van der Waals surface area contributed by atoms with E-state index in [1.54, 1.807) is 0 Å². The zero-order chi connectivity index (χ0) is 14.4. The van der Waals surface area contributed by atoms with Crippen LogP contribution >= 0.6 is 11.6 Å². The van der Waals surface area contributed by atoms with Gasteiger partial charge in [-0.25, -0.2) is 0 Å². The number of piperidine rings is 1. The Morgan fingerprint density at radius 1 is 1.35 bits per heavy atom. The summed E-state index contributed by atoms with van der Waals surface area (Å²) in [5.41, 5.74) is 1.16. The highest BCUT2D eigenvalue weighted by Crippen LogP contribution is 2.23. The van der Waals surface area contributed by atoms with Gasteiger partial charge in [-0.15, -0.1) is 0 Å². The standard InChI is InChI=1S/C16H25ClN2O/c1-3-10-20-16-5-4-14(17)11-13(16)12-18-15-6-8-19(2)9-7-15/h4-5,11,15,18H,3,6-10,12H2,1-2H3. The van der Waals surface area contributed by atoms with E-state index < -0.39 is 0 Å². The number of likely N-dealkylation sites (tertiary alicyclic amines) is 1. The number of nitrogens with zero attached hydrogens (tertiary/aromatic N) is 1. The molecule has 20 heavy (non-hydrogen) atoms. The first-order valence-corrected chi connectivity index (χ1v) is 7.90. The van der Waals surface area contributed by atoms with Crippen LogP contribution in [0.5, 0.6) is 5.75 Å². The van der Waals surface area contributed by atoms with Crippen molar-refractivity contribution in [3.63, 3.8) is 0 Å². The minimum atomic E-state index is 0.601. The van der Waals surface area contributed by atoms with Crippen LogP contribution in [-0.2, 0) is 6.54 Å². The van der Waals surface area contributed by atoms with E-state index in [4.69, 9.17) is 16.3 Å². The average molecular weight is 297 g/mol. The van der Waals surface area contributed by atoms with E-state index in [2.05, 4.69) is 24.2 Å². The number of ether oxygens (including phenoxy) is 1. The second kappa shape index (κ2) is 7.87. The molecule has 0 bridgehead atoms. The Morgan fingerprint density at radius 2 is 2.10 bits per heavy atom. The first-order valence-electron chi connectivity index (χ1n) is 7.52. The molecule has 0 saturated carbocycles. The summed E-state index contributed by atoms with van der Waals surface area (Å²) in [7, 11) is 2.18. The van der Waals surface area contributed by atoms with Gasteiger partial charge < -0.3 is 15.0 Å². The summed E-state index contributed by atoms with van der Waals surface area (Å²) >= 11 is 6.10. The molecule has 1 N–H and O–H groups in total. The Bertz CT molecular complexity index is 417. The average Bonchev–Trinajstić information content (AvgIpc) is 2.46. The van der Waals surface area contributed by atoms with Crippen LogP contribution in [0, 0.1) is 0 Å². The summed E-state index contributed by atoms with van der Waals surface area (Å²) in [6, 6.07) is 6.48. The fourth-order valence-corrected chi connectivity index (χ4v) is 2.70. The summed E-state index contributed by atoms with van der Waals surface area (Å²) in [5, 5.41) is 4.41. The molecule has 1 fully saturated rings. The molecule has 4 heteroatoms. The van der Waals surface area contributed by atoms with E-state index >= 15 is 0 Å². The largest absolute Gasteiger partial charge is 0.493 e. The fraction of sp³-hybridized carbons (Fsp3) is 0.625. The first kappa shape index (κ1) is 15.6. The summed E-state index contributed by atoms with van der Waals surface area (Å²) in [6.07, 6.45) is 3.44. The Hall–Kier alpha value is -0.770. The van der Waals surface area contributed by atoms with E-state index in [9.17, 15) is 0 Å². The van der Waals surface area contributed by atoms with Gasteiger partial charge in [-0.3, -0.25) is 0 Å². The van der Waals surface area contributed by atoms with Gasteiger partial charge in [0, 0.05) is 23.2 Å². The SMILES string of the molecule is CCCOc1ccc(Cl)cc1CNC1CCN(C)CC1. The van der Waals surface area contributed by atoms with Crippen molar-refractivity contribution in [2.45, 2.75) is 38.8 Å². The fourth-order valence-electron chi connectivity index (χ4n) is 2.51. The highest BCUT2D eigenvalue weighted by Gasteiger charge is 2.16. The van der Waals surface area contributed by atoms with Crippen molar-refractivity contribution in [1.82, 2.24) is 10.2 Å². The highest BCUT2D eigenvalue weighted by atomic mass is 35.5. The second-order valence-electron chi connectivity index (χ2n) is 5.56. The molecular weight excluding hydrogens is 272 g/mol. The van der Waals surface area contributed by atoms with E-state index in [0.717, 1.165) is 35.9 Å². The molecule has 0 amide bonds. The van der Waals surface area contributed by atoms with Gasteiger partial charge >= 0.3 is 0 Å². The minimum Gasteiger partial charge on any atom is -0.493 e. The monoisotopic (exact) mass is 296 g/mol. The van der Waals surface area contributed by atoms with Crippen LogP contribution in [0.15, 0.2) is 18.2 Å². The van der Waals surface area contributed by atoms with Crippen molar-refractivity contribution in [2.75, 3.05) is 26.7 Å². The molecule has 3 nitrogen and oxygen atoms in total. The molecule has 1 aliphatic heterocycles. The topological polar surface area (TPSA) is 24.5 Å². The van der Waals surface area contributed by atoms with Crippen LogP contribution in [0.1, 0.15) is 31.7 Å². The van der Waals surface area contributed by atoms with E-state index in [0.29, 0.717) is 6.04 Å². The van der Waals surface area contributed by atoms with E-state index in [1.807, 2.05) is 18.2 Å². The zero-order valence-corrected chi connectivity index (χ0v) is 13.2. The maximum Gasteiger partial charge on any atom is 0.123 e. The third kappa shape index (κ3) is 4.65. The van der Waals surface area contributed by atoms with Crippen molar-refractivity contribution in [1.29, 1.82) is 0 Å². The van der Waals surface area contributed by atoms with Crippen LogP contribution in [0.2, 0.25) is 5.02 Å². The molecule has 1 saturated heterocycles. The molecule has 2 rings (SSSR count). The number of hydrogen-bond donors (Lipinski definition) is 1. The van der Waals surface area contributed by atoms with Crippen LogP contribution in [-0.4, -0.2) is 37.7 Å². The van der Waals surface area contributed by atoms with Gasteiger partial charge in [0.2, 0.25) is 0 Å². The summed E-state index contributed by atoms with van der Waals surface area (Å²) < 4.78 is 5.79. The summed E-state index contributed by atoms with van der Waals surface area (Å²) in [4.78, 5) is 2.38.